The maximum Gasteiger partial charge on any atom is 0.332 e. The number of benzene rings is 2. The summed E-state index contributed by atoms with van der Waals surface area (Å²) >= 11 is 1.11. The van der Waals surface area contributed by atoms with Gasteiger partial charge >= 0.3 is 5.69 Å². The van der Waals surface area contributed by atoms with Crippen LogP contribution in [0.5, 0.6) is 11.5 Å². The Morgan fingerprint density at radius 3 is 2.34 bits per heavy atom. The van der Waals surface area contributed by atoms with Crippen molar-refractivity contribution in [3.8, 4) is 11.5 Å². The maximum absolute atomic E-state index is 13.2. The molecule has 0 bridgehead atoms. The molecule has 2 amide bonds. The molecule has 0 saturated carbocycles. The van der Waals surface area contributed by atoms with Crippen molar-refractivity contribution >= 4 is 39.1 Å². The summed E-state index contributed by atoms with van der Waals surface area (Å²) in [5, 5.41) is 6.94. The van der Waals surface area contributed by atoms with Crippen LogP contribution >= 0.6 is 11.3 Å². The number of rotatable bonds is 10. The van der Waals surface area contributed by atoms with Crippen LogP contribution in [-0.4, -0.2) is 41.7 Å². The van der Waals surface area contributed by atoms with Crippen molar-refractivity contribution in [2.24, 2.45) is 0 Å². The van der Waals surface area contributed by atoms with Gasteiger partial charge in [-0.3, -0.25) is 19.0 Å². The number of anilines is 1. The van der Waals surface area contributed by atoms with Crippen molar-refractivity contribution < 1.29 is 23.5 Å². The highest BCUT2D eigenvalue weighted by Crippen LogP contribution is 2.27. The van der Waals surface area contributed by atoms with E-state index in [4.69, 9.17) is 9.47 Å². The summed E-state index contributed by atoms with van der Waals surface area (Å²) in [6, 6.07) is 12.2. The van der Waals surface area contributed by atoms with E-state index in [1.54, 1.807) is 30.7 Å². The highest BCUT2D eigenvalue weighted by molar-refractivity contribution is 7.17. The number of aromatic nitrogens is 2. The van der Waals surface area contributed by atoms with Gasteiger partial charge in [-0.2, -0.15) is 0 Å². The van der Waals surface area contributed by atoms with Gasteiger partial charge in [0.1, 0.15) is 23.6 Å². The third-order valence-electron chi connectivity index (χ3n) is 5.75. The molecular weight excluding hydrogens is 515 g/mol. The monoisotopic (exact) mass is 540 g/mol. The fourth-order valence-electron chi connectivity index (χ4n) is 3.88. The first-order chi connectivity index (χ1) is 18.3. The lowest BCUT2D eigenvalue weighted by molar-refractivity contribution is -0.121. The Labute approximate surface area is 220 Å². The summed E-state index contributed by atoms with van der Waals surface area (Å²) in [5.74, 6) is -0.366. The zero-order chi connectivity index (χ0) is 27.2. The second-order valence-corrected chi connectivity index (χ2v) is 9.16. The van der Waals surface area contributed by atoms with Gasteiger partial charge in [0.25, 0.3) is 5.56 Å². The molecule has 0 atom stereocenters. The zero-order valence-corrected chi connectivity index (χ0v) is 21.5. The summed E-state index contributed by atoms with van der Waals surface area (Å²) in [6.07, 6.45) is 0.485. The quantitative estimate of drug-likeness (QED) is 0.319. The molecule has 4 rings (SSSR count). The molecule has 4 aromatic rings. The van der Waals surface area contributed by atoms with Crippen LogP contribution in [0.15, 0.2) is 63.5 Å². The summed E-state index contributed by atoms with van der Waals surface area (Å²) in [7, 11) is 3.07. The first-order valence-corrected chi connectivity index (χ1v) is 12.4. The number of carbonyl (C=O) groups excluding carboxylic acids is 2. The molecule has 38 heavy (non-hydrogen) atoms. The normalized spacial score (nSPS) is 10.8. The van der Waals surface area contributed by atoms with Gasteiger partial charge in [0.05, 0.1) is 19.7 Å². The highest BCUT2D eigenvalue weighted by atomic mass is 32.1. The molecule has 0 aliphatic heterocycles. The zero-order valence-electron chi connectivity index (χ0n) is 20.7. The summed E-state index contributed by atoms with van der Waals surface area (Å²) in [6.45, 7) is -0.639. The Balaban J connectivity index is 1.47. The Bertz CT molecular complexity index is 1590. The van der Waals surface area contributed by atoms with Crippen molar-refractivity contribution in [2.45, 2.75) is 19.5 Å². The Kier molecular flexibility index (Phi) is 8.22. The molecule has 0 fully saturated rings. The average Bonchev–Trinajstić information content (AvgIpc) is 3.40. The number of amides is 2. The molecule has 0 aliphatic carbocycles. The number of halogens is 1. The minimum Gasteiger partial charge on any atom is -0.493 e. The number of methoxy groups -OCH3 is 2. The van der Waals surface area contributed by atoms with Gasteiger partial charge in [-0.05, 0) is 59.8 Å². The SMILES string of the molecule is COc1ccc(CCNC(=O)Cn2c(=O)c3sccc3n(CC(=O)Nc3ccc(F)cc3)c2=O)cc1OC. The summed E-state index contributed by atoms with van der Waals surface area (Å²) < 4.78 is 25.8. The molecule has 2 aromatic heterocycles. The van der Waals surface area contributed by atoms with Gasteiger partial charge in [-0.25, -0.2) is 13.8 Å². The van der Waals surface area contributed by atoms with Crippen LogP contribution in [0.25, 0.3) is 10.2 Å². The number of nitrogens with one attached hydrogen (secondary N) is 2. The van der Waals surface area contributed by atoms with Gasteiger partial charge < -0.3 is 20.1 Å². The lowest BCUT2D eigenvalue weighted by Gasteiger charge is -2.13. The van der Waals surface area contributed by atoms with Gasteiger partial charge in [-0.15, -0.1) is 11.3 Å². The second kappa shape index (κ2) is 11.7. The molecule has 10 nitrogen and oxygen atoms in total. The largest absolute Gasteiger partial charge is 0.493 e. The van der Waals surface area contributed by atoms with Crippen LogP contribution in [-0.2, 0) is 29.1 Å². The second-order valence-electron chi connectivity index (χ2n) is 8.24. The van der Waals surface area contributed by atoms with Crippen LogP contribution in [0.4, 0.5) is 10.1 Å². The lowest BCUT2D eigenvalue weighted by Crippen LogP contribution is -2.44. The van der Waals surface area contributed by atoms with Gasteiger partial charge in [0, 0.05) is 12.2 Å². The van der Waals surface area contributed by atoms with E-state index in [-0.39, 0.29) is 11.2 Å². The van der Waals surface area contributed by atoms with E-state index >= 15 is 0 Å². The Morgan fingerprint density at radius 1 is 0.921 bits per heavy atom. The standard InChI is InChI=1S/C26H25FN4O6S/c1-36-20-8-3-16(13-21(20)37-2)9-11-28-22(32)14-31-25(34)24-19(10-12-38-24)30(26(31)35)15-23(33)29-18-6-4-17(27)5-7-18/h3-8,10,12-13H,9,11,14-15H2,1-2H3,(H,28,32)(H,29,33). The van der Waals surface area contributed by atoms with E-state index in [1.165, 1.54) is 31.4 Å². The van der Waals surface area contributed by atoms with E-state index < -0.39 is 42.0 Å². The fourth-order valence-corrected chi connectivity index (χ4v) is 4.73. The van der Waals surface area contributed by atoms with Crippen LogP contribution < -0.4 is 31.4 Å². The van der Waals surface area contributed by atoms with Gasteiger partial charge in [0.15, 0.2) is 11.5 Å². The number of nitrogens with zero attached hydrogens (tertiary/aromatic N) is 2. The van der Waals surface area contributed by atoms with Crippen molar-refractivity contribution in [3.05, 3.63) is 86.1 Å². The Hall–Kier alpha value is -4.45. The topological polar surface area (TPSA) is 121 Å². The smallest absolute Gasteiger partial charge is 0.332 e. The number of thiophene rings is 1. The van der Waals surface area contributed by atoms with Crippen LogP contribution in [0.3, 0.4) is 0 Å². The highest BCUT2D eigenvalue weighted by Gasteiger charge is 2.18. The van der Waals surface area contributed by atoms with Crippen molar-refractivity contribution in [3.63, 3.8) is 0 Å². The molecule has 0 unspecified atom stereocenters. The third-order valence-corrected chi connectivity index (χ3v) is 6.64. The minimum absolute atomic E-state index is 0.248. The Morgan fingerprint density at radius 2 is 1.63 bits per heavy atom. The van der Waals surface area contributed by atoms with Crippen molar-refractivity contribution in [2.75, 3.05) is 26.1 Å². The van der Waals surface area contributed by atoms with E-state index in [2.05, 4.69) is 10.6 Å². The maximum atomic E-state index is 13.2. The molecule has 2 aromatic carbocycles. The molecule has 0 radical (unpaired) electrons. The first kappa shape index (κ1) is 26.6. The fraction of sp³-hybridized carbons (Fsp3) is 0.231. The molecule has 0 aliphatic rings. The van der Waals surface area contributed by atoms with Gasteiger partial charge in [-0.1, -0.05) is 6.07 Å². The molecule has 0 spiro atoms. The number of carbonyl (C=O) groups is 2. The van der Waals surface area contributed by atoms with Crippen LogP contribution in [0.1, 0.15) is 5.56 Å². The van der Waals surface area contributed by atoms with Crippen LogP contribution in [0.2, 0.25) is 0 Å². The van der Waals surface area contributed by atoms with E-state index in [0.29, 0.717) is 29.1 Å². The first-order valence-electron chi connectivity index (χ1n) is 11.5. The minimum atomic E-state index is -0.787. The third kappa shape index (κ3) is 5.92. The number of hydrogen-bond acceptors (Lipinski definition) is 7. The average molecular weight is 541 g/mol. The van der Waals surface area contributed by atoms with E-state index in [9.17, 15) is 23.6 Å². The number of fused-ring (bicyclic) bond motifs is 1. The molecule has 2 heterocycles. The number of ether oxygens (including phenoxy) is 2. The van der Waals surface area contributed by atoms with Crippen molar-refractivity contribution in [1.82, 2.24) is 14.5 Å². The predicted molar refractivity (Wildman–Crippen MR) is 142 cm³/mol. The van der Waals surface area contributed by atoms with Gasteiger partial charge in [0.2, 0.25) is 11.8 Å². The number of hydrogen-bond donors (Lipinski definition) is 2. The molecule has 2 N–H and O–H groups in total. The molecule has 12 heteroatoms. The molecule has 198 valence electrons. The lowest BCUT2D eigenvalue weighted by atomic mass is 10.1. The predicted octanol–water partition coefficient (Wildman–Crippen LogP) is 2.38. The van der Waals surface area contributed by atoms with Crippen LogP contribution in [0, 0.1) is 5.82 Å². The van der Waals surface area contributed by atoms with E-state index in [1.807, 2.05) is 6.07 Å². The molecule has 0 saturated heterocycles. The van der Waals surface area contributed by atoms with Crippen molar-refractivity contribution in [1.29, 1.82) is 0 Å². The summed E-state index contributed by atoms with van der Waals surface area (Å²) in [5.41, 5.74) is 0.155. The van der Waals surface area contributed by atoms with E-state index in [0.717, 1.165) is 26.0 Å². The summed E-state index contributed by atoms with van der Waals surface area (Å²) in [4.78, 5) is 51.4. The molecular formula is C26H25FN4O6S.